The number of Topliss-reactive ketones (excluding diaryl/α,β-unsaturated/α-hetero) is 1. The maximum atomic E-state index is 13.4. The molecule has 2 aliphatic rings. The highest BCUT2D eigenvalue weighted by Crippen LogP contribution is 2.46. The molecule has 1 aliphatic heterocycles. The standard InChI is InChI=1S/C28H23N5O/c1-32-22-8-3-2-7-19(22)20-14-17(11-12-23(20)32)26-21(15-29)28(30)33(18-6-5-13-31-16-18)24-9-4-10-25(34)27(24)26/h2-3,5-8,11-14,16,26H,4,9-10,30H2,1H3/t26-/m1/s1. The highest BCUT2D eigenvalue weighted by Gasteiger charge is 2.40. The van der Waals surface area contributed by atoms with Gasteiger partial charge in [-0.2, -0.15) is 5.26 Å². The van der Waals surface area contributed by atoms with Crippen LogP contribution in [0.2, 0.25) is 0 Å². The molecule has 2 aromatic heterocycles. The van der Waals surface area contributed by atoms with Gasteiger partial charge in [-0.3, -0.25) is 14.7 Å². The number of benzene rings is 2. The van der Waals surface area contributed by atoms with Gasteiger partial charge in [0.2, 0.25) is 0 Å². The predicted octanol–water partition coefficient (Wildman–Crippen LogP) is 5.03. The highest BCUT2D eigenvalue weighted by molar-refractivity contribution is 6.08. The first kappa shape index (κ1) is 20.3. The maximum Gasteiger partial charge on any atom is 0.161 e. The molecular formula is C28H23N5O. The minimum Gasteiger partial charge on any atom is -0.384 e. The van der Waals surface area contributed by atoms with Crippen molar-refractivity contribution in [3.63, 3.8) is 0 Å². The lowest BCUT2D eigenvalue weighted by molar-refractivity contribution is -0.116. The van der Waals surface area contributed by atoms with Crippen LogP contribution in [0, 0.1) is 11.3 Å². The molecule has 0 spiro atoms. The van der Waals surface area contributed by atoms with Crippen molar-refractivity contribution in [1.82, 2.24) is 9.55 Å². The molecule has 6 rings (SSSR count). The number of anilines is 1. The first-order chi connectivity index (χ1) is 16.6. The number of carbonyl (C=O) groups excluding carboxylic acids is 1. The third kappa shape index (κ3) is 2.80. The Morgan fingerprint density at radius 2 is 1.88 bits per heavy atom. The van der Waals surface area contributed by atoms with Crippen LogP contribution in [0.4, 0.5) is 5.69 Å². The van der Waals surface area contributed by atoms with Gasteiger partial charge in [0, 0.05) is 52.7 Å². The third-order valence-electron chi connectivity index (χ3n) is 7.09. The molecular weight excluding hydrogens is 422 g/mol. The number of allylic oxidation sites excluding steroid dienone is 3. The molecule has 6 nitrogen and oxygen atoms in total. The summed E-state index contributed by atoms with van der Waals surface area (Å²) in [5, 5.41) is 12.5. The van der Waals surface area contributed by atoms with Gasteiger partial charge < -0.3 is 10.3 Å². The molecule has 6 heteroatoms. The second-order valence-corrected chi connectivity index (χ2v) is 8.88. The second-order valence-electron chi connectivity index (χ2n) is 8.88. The van der Waals surface area contributed by atoms with Crippen molar-refractivity contribution >= 4 is 33.3 Å². The third-order valence-corrected chi connectivity index (χ3v) is 7.09. The monoisotopic (exact) mass is 445 g/mol. The number of hydrogen-bond acceptors (Lipinski definition) is 5. The van der Waals surface area contributed by atoms with E-state index in [0.717, 1.165) is 51.6 Å². The Hall–Kier alpha value is -4.37. The Kier molecular flexibility index (Phi) is 4.53. The minimum absolute atomic E-state index is 0.0819. The first-order valence-electron chi connectivity index (χ1n) is 11.4. The number of hydrogen-bond donors (Lipinski definition) is 1. The topological polar surface area (TPSA) is 87.9 Å². The van der Waals surface area contributed by atoms with E-state index in [1.165, 1.54) is 0 Å². The summed E-state index contributed by atoms with van der Waals surface area (Å²) in [7, 11) is 2.06. The largest absolute Gasteiger partial charge is 0.384 e. The van der Waals surface area contributed by atoms with Crippen molar-refractivity contribution in [1.29, 1.82) is 5.26 Å². The zero-order valence-corrected chi connectivity index (χ0v) is 18.8. The highest BCUT2D eigenvalue weighted by atomic mass is 16.1. The lowest BCUT2D eigenvalue weighted by Crippen LogP contribution is -2.38. The molecule has 2 N–H and O–H groups in total. The molecule has 1 aliphatic carbocycles. The van der Waals surface area contributed by atoms with E-state index in [4.69, 9.17) is 5.73 Å². The summed E-state index contributed by atoms with van der Waals surface area (Å²) in [6, 6.07) is 20.6. The maximum absolute atomic E-state index is 13.4. The quantitative estimate of drug-likeness (QED) is 0.467. The SMILES string of the molecule is Cn1c2ccccc2c2cc([C@@H]3C(C#N)=C(N)N(c4cccnc4)C4=C3C(=O)CCC4)ccc21. The van der Waals surface area contributed by atoms with Crippen molar-refractivity contribution in [3.8, 4) is 6.07 Å². The van der Waals surface area contributed by atoms with Gasteiger partial charge in [-0.25, -0.2) is 0 Å². The number of aryl methyl sites for hydroxylation is 1. The summed E-state index contributed by atoms with van der Waals surface area (Å²) in [5.41, 5.74) is 12.5. The molecule has 0 bridgehead atoms. The van der Waals surface area contributed by atoms with Crippen LogP contribution in [0.15, 0.2) is 89.7 Å². The molecule has 2 aromatic carbocycles. The number of rotatable bonds is 2. The van der Waals surface area contributed by atoms with Crippen LogP contribution in [0.1, 0.15) is 30.7 Å². The van der Waals surface area contributed by atoms with E-state index in [2.05, 4.69) is 46.9 Å². The summed E-state index contributed by atoms with van der Waals surface area (Å²) in [5.74, 6) is -0.0329. The number of fused-ring (bicyclic) bond motifs is 3. The van der Waals surface area contributed by atoms with Gasteiger partial charge in [-0.1, -0.05) is 24.3 Å². The molecule has 166 valence electrons. The van der Waals surface area contributed by atoms with Crippen molar-refractivity contribution in [2.24, 2.45) is 12.8 Å². The number of pyridine rings is 1. The number of nitrogens with zero attached hydrogens (tertiary/aromatic N) is 4. The van der Waals surface area contributed by atoms with Crippen molar-refractivity contribution in [2.75, 3.05) is 4.90 Å². The predicted molar refractivity (Wildman–Crippen MR) is 133 cm³/mol. The van der Waals surface area contributed by atoms with Gasteiger partial charge in [-0.15, -0.1) is 0 Å². The van der Waals surface area contributed by atoms with E-state index in [1.54, 1.807) is 12.4 Å². The second kappa shape index (κ2) is 7.60. The molecule has 0 radical (unpaired) electrons. The normalized spacial score (nSPS) is 18.5. The van der Waals surface area contributed by atoms with Crippen molar-refractivity contribution in [3.05, 3.63) is 95.2 Å². The number of ketones is 1. The van der Waals surface area contributed by atoms with Gasteiger partial charge in [-0.05, 0) is 48.7 Å². The van der Waals surface area contributed by atoms with E-state index in [1.807, 2.05) is 35.2 Å². The van der Waals surface area contributed by atoms with Gasteiger partial charge in [0.1, 0.15) is 5.82 Å². The van der Waals surface area contributed by atoms with Gasteiger partial charge in [0.15, 0.2) is 5.78 Å². The van der Waals surface area contributed by atoms with E-state index in [-0.39, 0.29) is 5.78 Å². The van der Waals surface area contributed by atoms with Gasteiger partial charge in [0.25, 0.3) is 0 Å². The van der Waals surface area contributed by atoms with Crippen LogP contribution < -0.4 is 10.6 Å². The van der Waals surface area contributed by atoms with Crippen molar-refractivity contribution in [2.45, 2.75) is 25.2 Å². The summed E-state index contributed by atoms with van der Waals surface area (Å²) in [4.78, 5) is 19.4. The zero-order chi connectivity index (χ0) is 23.4. The van der Waals surface area contributed by atoms with Gasteiger partial charge in [0.05, 0.1) is 29.4 Å². The fraction of sp³-hybridized carbons (Fsp3) is 0.179. The molecule has 3 heterocycles. The summed E-state index contributed by atoms with van der Waals surface area (Å²) < 4.78 is 2.17. The van der Waals surface area contributed by atoms with E-state index in [0.29, 0.717) is 23.4 Å². The van der Waals surface area contributed by atoms with Crippen LogP contribution in [0.25, 0.3) is 21.8 Å². The number of carbonyl (C=O) groups is 1. The van der Waals surface area contributed by atoms with E-state index in [9.17, 15) is 10.1 Å². The Labute approximate surface area is 197 Å². The molecule has 0 saturated heterocycles. The fourth-order valence-corrected chi connectivity index (χ4v) is 5.57. The number of nitriles is 1. The lowest BCUT2D eigenvalue weighted by Gasteiger charge is -2.39. The molecule has 0 fully saturated rings. The van der Waals surface area contributed by atoms with Crippen LogP contribution in [0.5, 0.6) is 0 Å². The lowest BCUT2D eigenvalue weighted by atomic mass is 9.75. The summed E-state index contributed by atoms with van der Waals surface area (Å²) >= 11 is 0. The minimum atomic E-state index is -0.482. The molecule has 4 aromatic rings. The first-order valence-corrected chi connectivity index (χ1v) is 11.4. The summed E-state index contributed by atoms with van der Waals surface area (Å²) in [6.07, 6.45) is 5.38. The molecule has 1 atom stereocenters. The van der Waals surface area contributed by atoms with E-state index < -0.39 is 5.92 Å². The Morgan fingerprint density at radius 1 is 1.06 bits per heavy atom. The number of aromatic nitrogens is 2. The van der Waals surface area contributed by atoms with E-state index >= 15 is 0 Å². The molecule has 0 amide bonds. The van der Waals surface area contributed by atoms with Crippen LogP contribution in [-0.4, -0.2) is 15.3 Å². The average Bonchev–Trinajstić information content (AvgIpc) is 3.15. The Bertz CT molecular complexity index is 1590. The molecule has 0 unspecified atom stereocenters. The van der Waals surface area contributed by atoms with Crippen LogP contribution in [0.3, 0.4) is 0 Å². The Balaban J connectivity index is 1.61. The van der Waals surface area contributed by atoms with Crippen molar-refractivity contribution < 1.29 is 4.79 Å². The van der Waals surface area contributed by atoms with Crippen LogP contribution >= 0.6 is 0 Å². The number of nitrogens with two attached hydrogens (primary N) is 1. The molecule has 34 heavy (non-hydrogen) atoms. The summed E-state index contributed by atoms with van der Waals surface area (Å²) in [6.45, 7) is 0. The Morgan fingerprint density at radius 3 is 2.68 bits per heavy atom. The van der Waals surface area contributed by atoms with Gasteiger partial charge >= 0.3 is 0 Å². The zero-order valence-electron chi connectivity index (χ0n) is 18.8. The van der Waals surface area contributed by atoms with Crippen LogP contribution in [-0.2, 0) is 11.8 Å². The average molecular weight is 446 g/mol. The molecule has 0 saturated carbocycles. The fourth-order valence-electron chi connectivity index (χ4n) is 5.57. The smallest absolute Gasteiger partial charge is 0.161 e. The number of para-hydroxylation sites is 1.